The van der Waals surface area contributed by atoms with E-state index in [0.29, 0.717) is 0 Å². The summed E-state index contributed by atoms with van der Waals surface area (Å²) in [6, 6.07) is 0. The van der Waals surface area contributed by atoms with E-state index in [1.165, 1.54) is 0 Å². The van der Waals surface area contributed by atoms with Crippen molar-refractivity contribution >= 4 is 11.9 Å². The van der Waals surface area contributed by atoms with Gasteiger partial charge in [-0.15, -0.1) is 0 Å². The smallest absolute Gasteiger partial charge is 0.342 e. The molecule has 0 aromatic carbocycles. The van der Waals surface area contributed by atoms with Crippen molar-refractivity contribution in [3.63, 3.8) is 0 Å². The quantitative estimate of drug-likeness (QED) is 0.387. The summed E-state index contributed by atoms with van der Waals surface area (Å²) >= 11 is 0. The summed E-state index contributed by atoms with van der Waals surface area (Å²) < 4.78 is 4.73. The van der Waals surface area contributed by atoms with Crippen LogP contribution >= 0.6 is 0 Å². The van der Waals surface area contributed by atoms with E-state index in [-0.39, 0.29) is 19.4 Å². The molecule has 0 aliphatic carbocycles. The van der Waals surface area contributed by atoms with Crippen molar-refractivity contribution in [3.8, 4) is 0 Å². The van der Waals surface area contributed by atoms with Gasteiger partial charge in [0.2, 0.25) is 0 Å². The topological polar surface area (TPSA) is 61.8 Å². The molecule has 68 valence electrons. The summed E-state index contributed by atoms with van der Waals surface area (Å²) in [6.07, 6.45) is -0.350. The van der Waals surface area contributed by atoms with E-state index in [0.717, 1.165) is 0 Å². The first-order chi connectivity index (χ1) is 5.68. The molecule has 0 radical (unpaired) electrons. The monoisotopic (exact) mass is 174 g/mol. The Morgan fingerprint density at radius 2 is 1.92 bits per heavy atom. The lowest BCUT2D eigenvalue weighted by molar-refractivity contribution is -0.297. The lowest BCUT2D eigenvalue weighted by atomic mass is 10.3. The van der Waals surface area contributed by atoms with Crippen molar-refractivity contribution in [1.82, 2.24) is 0 Å². The van der Waals surface area contributed by atoms with Gasteiger partial charge in [0, 0.05) is 0 Å². The van der Waals surface area contributed by atoms with Crippen molar-refractivity contribution in [1.29, 1.82) is 0 Å². The summed E-state index contributed by atoms with van der Waals surface area (Å²) in [4.78, 5) is 30.5. The Morgan fingerprint density at radius 1 is 1.25 bits per heavy atom. The predicted octanol–water partition coefficient (Wildman–Crippen LogP) is 0.187. The van der Waals surface area contributed by atoms with Gasteiger partial charge in [-0.1, -0.05) is 0 Å². The fourth-order valence-electron chi connectivity index (χ4n) is 0.692. The van der Waals surface area contributed by atoms with Crippen LogP contribution in [0.15, 0.2) is 0 Å². The highest BCUT2D eigenvalue weighted by Gasteiger charge is 2.16. The second kappa shape index (κ2) is 4.06. The summed E-state index contributed by atoms with van der Waals surface area (Å²) in [5, 5.41) is 0. The number of carbonyl (C=O) groups excluding carboxylic acids is 2. The Labute approximate surface area is 69.5 Å². The highest BCUT2D eigenvalue weighted by Crippen LogP contribution is 2.03. The van der Waals surface area contributed by atoms with E-state index in [9.17, 15) is 9.59 Å². The van der Waals surface area contributed by atoms with Gasteiger partial charge in [0.25, 0.3) is 0 Å². The summed E-state index contributed by atoms with van der Waals surface area (Å²) in [7, 11) is 0. The minimum atomic E-state index is -0.541. The zero-order chi connectivity index (χ0) is 8.97. The molecule has 0 saturated carbocycles. The predicted molar refractivity (Wildman–Crippen MR) is 36.8 cm³/mol. The largest absolute Gasteiger partial charge is 0.463 e. The molecule has 0 bridgehead atoms. The van der Waals surface area contributed by atoms with Crippen LogP contribution < -0.4 is 0 Å². The molecule has 1 unspecified atom stereocenters. The molecule has 0 N–H and O–H groups in total. The number of cyclic esters (lactones) is 1. The average molecular weight is 174 g/mol. The van der Waals surface area contributed by atoms with Crippen LogP contribution in [-0.4, -0.2) is 24.6 Å². The van der Waals surface area contributed by atoms with Crippen molar-refractivity contribution in [2.45, 2.75) is 25.9 Å². The van der Waals surface area contributed by atoms with Gasteiger partial charge in [-0.2, -0.15) is 4.89 Å². The maximum atomic E-state index is 10.8. The number of hydrogen-bond donors (Lipinski definition) is 0. The third-order valence-electron chi connectivity index (χ3n) is 1.32. The molecular formula is C7H10O5. The fraction of sp³-hybridized carbons (Fsp3) is 0.714. The molecule has 0 amide bonds. The first-order valence-corrected chi connectivity index (χ1v) is 3.70. The van der Waals surface area contributed by atoms with Gasteiger partial charge in [-0.25, -0.2) is 4.79 Å². The SMILES string of the molecule is CC1COC(=O)CCC(=O)OO1. The van der Waals surface area contributed by atoms with Gasteiger partial charge in [-0.05, 0) is 6.92 Å². The normalized spacial score (nSPS) is 26.2. The van der Waals surface area contributed by atoms with Crippen LogP contribution in [0.3, 0.4) is 0 Å². The second-order valence-corrected chi connectivity index (χ2v) is 2.55. The van der Waals surface area contributed by atoms with Crippen LogP contribution in [0.5, 0.6) is 0 Å². The van der Waals surface area contributed by atoms with E-state index in [1.54, 1.807) is 6.92 Å². The molecular weight excluding hydrogens is 164 g/mol. The molecule has 1 fully saturated rings. The Bertz CT molecular complexity index is 168. The molecule has 5 nitrogen and oxygen atoms in total. The summed E-state index contributed by atoms with van der Waals surface area (Å²) in [5.41, 5.74) is 0. The molecule has 1 saturated heterocycles. The molecule has 1 rings (SSSR count). The van der Waals surface area contributed by atoms with Gasteiger partial charge in [0.15, 0.2) is 0 Å². The van der Waals surface area contributed by atoms with E-state index in [4.69, 9.17) is 4.74 Å². The Kier molecular flexibility index (Phi) is 3.04. The van der Waals surface area contributed by atoms with Crippen LogP contribution in [-0.2, 0) is 24.1 Å². The van der Waals surface area contributed by atoms with Crippen LogP contribution in [0.25, 0.3) is 0 Å². The van der Waals surface area contributed by atoms with Crippen molar-refractivity contribution < 1.29 is 24.1 Å². The minimum absolute atomic E-state index is 0.00551. The first-order valence-electron chi connectivity index (χ1n) is 3.70. The van der Waals surface area contributed by atoms with Gasteiger partial charge >= 0.3 is 11.9 Å². The number of carbonyl (C=O) groups is 2. The maximum absolute atomic E-state index is 10.8. The van der Waals surface area contributed by atoms with Crippen LogP contribution in [0, 0.1) is 0 Å². The standard InChI is InChI=1S/C7H10O5/c1-5-4-10-6(8)2-3-7(9)12-11-5/h5H,2-4H2,1H3. The average Bonchev–Trinajstić information content (AvgIpc) is 2.11. The van der Waals surface area contributed by atoms with Gasteiger partial charge in [0.05, 0.1) is 12.8 Å². The summed E-state index contributed by atoms with van der Waals surface area (Å²) in [6.45, 7) is 1.76. The minimum Gasteiger partial charge on any atom is -0.463 e. The van der Waals surface area contributed by atoms with E-state index in [1.807, 2.05) is 0 Å². The van der Waals surface area contributed by atoms with Crippen LogP contribution in [0.2, 0.25) is 0 Å². The van der Waals surface area contributed by atoms with Crippen molar-refractivity contribution in [2.75, 3.05) is 6.61 Å². The lowest BCUT2D eigenvalue weighted by Crippen LogP contribution is -2.17. The summed E-state index contributed by atoms with van der Waals surface area (Å²) in [5.74, 6) is -0.940. The van der Waals surface area contributed by atoms with E-state index >= 15 is 0 Å². The number of hydrogen-bond acceptors (Lipinski definition) is 5. The lowest BCUT2D eigenvalue weighted by Gasteiger charge is -2.07. The zero-order valence-electron chi connectivity index (χ0n) is 6.74. The van der Waals surface area contributed by atoms with Gasteiger partial charge in [0.1, 0.15) is 12.7 Å². The first kappa shape index (κ1) is 8.99. The van der Waals surface area contributed by atoms with Crippen LogP contribution in [0.1, 0.15) is 19.8 Å². The third-order valence-corrected chi connectivity index (χ3v) is 1.32. The Hall–Kier alpha value is -1.10. The van der Waals surface area contributed by atoms with Crippen LogP contribution in [0.4, 0.5) is 0 Å². The molecule has 1 heterocycles. The Balaban J connectivity index is 2.46. The third kappa shape index (κ3) is 2.87. The molecule has 12 heavy (non-hydrogen) atoms. The molecule has 0 aromatic heterocycles. The molecule has 0 aromatic rings. The molecule has 1 aliphatic heterocycles. The highest BCUT2D eigenvalue weighted by molar-refractivity contribution is 5.77. The van der Waals surface area contributed by atoms with Gasteiger partial charge < -0.3 is 4.74 Å². The van der Waals surface area contributed by atoms with Gasteiger partial charge in [-0.3, -0.25) is 9.68 Å². The molecule has 0 spiro atoms. The molecule has 1 atom stereocenters. The number of ether oxygens (including phenoxy) is 1. The maximum Gasteiger partial charge on any atom is 0.342 e. The fourth-order valence-corrected chi connectivity index (χ4v) is 0.692. The Morgan fingerprint density at radius 3 is 2.67 bits per heavy atom. The molecule has 1 aliphatic rings. The molecule has 5 heteroatoms. The number of esters is 1. The van der Waals surface area contributed by atoms with Crippen molar-refractivity contribution in [2.24, 2.45) is 0 Å². The van der Waals surface area contributed by atoms with E-state index < -0.39 is 18.0 Å². The second-order valence-electron chi connectivity index (χ2n) is 2.55. The zero-order valence-corrected chi connectivity index (χ0v) is 6.74. The van der Waals surface area contributed by atoms with E-state index in [2.05, 4.69) is 9.78 Å². The number of rotatable bonds is 0. The highest BCUT2D eigenvalue weighted by atomic mass is 17.2. The van der Waals surface area contributed by atoms with Crippen molar-refractivity contribution in [3.05, 3.63) is 0 Å².